The average Bonchev–Trinajstić information content (AvgIpc) is 3.06. The number of fused-ring (bicyclic) bond motifs is 1. The van der Waals surface area contributed by atoms with Crippen LogP contribution in [0.15, 0.2) is 36.4 Å². The number of carbonyl (C=O) groups excluding carboxylic acids is 3. The number of hydrogen-bond acceptors (Lipinski definition) is 6. The molecule has 10 heteroatoms. The minimum absolute atomic E-state index is 0.116. The Kier molecular flexibility index (Phi) is 6.83. The van der Waals surface area contributed by atoms with Crippen LogP contribution >= 0.6 is 11.6 Å². The molecule has 4 rings (SSSR count). The van der Waals surface area contributed by atoms with Gasteiger partial charge in [0.2, 0.25) is 11.8 Å². The molecular weight excluding hydrogens is 460 g/mol. The molecule has 1 saturated heterocycles. The first-order chi connectivity index (χ1) is 16.3. The lowest BCUT2D eigenvalue weighted by Gasteiger charge is -2.19. The Labute approximate surface area is 201 Å². The topological polar surface area (TPSA) is 122 Å². The summed E-state index contributed by atoms with van der Waals surface area (Å²) >= 11 is 5.99. The number of carbonyl (C=O) groups is 3. The van der Waals surface area contributed by atoms with Gasteiger partial charge in [-0.1, -0.05) is 30.5 Å². The fourth-order valence-corrected chi connectivity index (χ4v) is 4.82. The molecule has 34 heavy (non-hydrogen) atoms. The smallest absolute Gasteiger partial charge is 0.293 e. The largest absolute Gasteiger partial charge is 0.378 e. The summed E-state index contributed by atoms with van der Waals surface area (Å²) in [6.45, 7) is 2.12. The van der Waals surface area contributed by atoms with Crippen molar-refractivity contribution >= 4 is 46.4 Å². The fraction of sp³-hybridized carbons (Fsp3) is 0.375. The molecule has 0 spiro atoms. The second-order valence-corrected chi connectivity index (χ2v) is 9.09. The highest BCUT2D eigenvalue weighted by molar-refractivity contribution is 6.31. The van der Waals surface area contributed by atoms with Gasteiger partial charge < -0.3 is 10.6 Å². The molecule has 0 radical (unpaired) electrons. The molecule has 1 heterocycles. The number of aryl methyl sites for hydroxylation is 1. The van der Waals surface area contributed by atoms with Crippen LogP contribution in [0.5, 0.6) is 0 Å². The molecule has 2 aromatic carbocycles. The highest BCUT2D eigenvalue weighted by Crippen LogP contribution is 2.38. The van der Waals surface area contributed by atoms with E-state index in [2.05, 4.69) is 10.6 Å². The Balaban J connectivity index is 1.43. The molecule has 0 aromatic heterocycles. The number of nitrogens with zero attached hydrogens (tertiary/aromatic N) is 2. The molecule has 1 aliphatic heterocycles. The van der Waals surface area contributed by atoms with Crippen molar-refractivity contribution in [2.24, 2.45) is 11.8 Å². The van der Waals surface area contributed by atoms with Gasteiger partial charge in [-0.05, 0) is 49.6 Å². The van der Waals surface area contributed by atoms with Crippen LogP contribution in [-0.4, -0.2) is 40.6 Å². The number of nitrogens with one attached hydrogen (secondary N) is 2. The summed E-state index contributed by atoms with van der Waals surface area (Å²) in [5.41, 5.74) is 1.37. The van der Waals surface area contributed by atoms with Gasteiger partial charge in [0.1, 0.15) is 5.69 Å². The minimum Gasteiger partial charge on any atom is -0.378 e. The molecule has 2 fully saturated rings. The quantitative estimate of drug-likeness (QED) is 0.341. The maximum absolute atomic E-state index is 12.7. The summed E-state index contributed by atoms with van der Waals surface area (Å²) < 4.78 is 0. The van der Waals surface area contributed by atoms with Crippen LogP contribution in [-0.2, 0) is 9.59 Å². The second-order valence-electron chi connectivity index (χ2n) is 8.65. The number of amides is 3. The molecule has 2 aromatic rings. The third-order valence-electron chi connectivity index (χ3n) is 6.49. The van der Waals surface area contributed by atoms with Crippen molar-refractivity contribution in [2.75, 3.05) is 23.7 Å². The lowest BCUT2D eigenvalue weighted by Crippen LogP contribution is -2.35. The fourth-order valence-electron chi connectivity index (χ4n) is 4.65. The summed E-state index contributed by atoms with van der Waals surface area (Å²) in [7, 11) is 0. The first-order valence-electron chi connectivity index (χ1n) is 11.2. The molecule has 1 aliphatic carbocycles. The second kappa shape index (κ2) is 9.80. The van der Waals surface area contributed by atoms with E-state index in [4.69, 9.17) is 11.6 Å². The van der Waals surface area contributed by atoms with E-state index < -0.39 is 10.8 Å². The predicted molar refractivity (Wildman–Crippen MR) is 128 cm³/mol. The number of halogens is 1. The lowest BCUT2D eigenvalue weighted by molar-refractivity contribution is -0.384. The number of anilines is 2. The maximum atomic E-state index is 12.7. The van der Waals surface area contributed by atoms with E-state index >= 15 is 0 Å². The van der Waals surface area contributed by atoms with Gasteiger partial charge in [0.25, 0.3) is 11.6 Å². The van der Waals surface area contributed by atoms with Crippen LogP contribution in [0.2, 0.25) is 5.02 Å². The Morgan fingerprint density at radius 1 is 1.09 bits per heavy atom. The van der Waals surface area contributed by atoms with E-state index in [1.807, 2.05) is 6.92 Å². The number of likely N-dealkylation sites (tertiary alicyclic amines) is 1. The third kappa shape index (κ3) is 4.75. The Morgan fingerprint density at radius 3 is 2.41 bits per heavy atom. The van der Waals surface area contributed by atoms with E-state index in [0.717, 1.165) is 31.2 Å². The summed E-state index contributed by atoms with van der Waals surface area (Å²) in [5, 5.41) is 17.8. The SMILES string of the molecule is Cc1ccc(Cl)cc1NC(=O)c1ccc(NCCN2C(=O)[C@H]3CCCC[C@H]3C2=O)c([N+](=O)[O-])c1. The molecule has 1 saturated carbocycles. The molecule has 2 aliphatic rings. The summed E-state index contributed by atoms with van der Waals surface area (Å²) in [4.78, 5) is 50.2. The first-order valence-corrected chi connectivity index (χ1v) is 11.6. The monoisotopic (exact) mass is 484 g/mol. The van der Waals surface area contributed by atoms with E-state index in [1.165, 1.54) is 23.1 Å². The van der Waals surface area contributed by atoms with Gasteiger partial charge >= 0.3 is 0 Å². The number of hydrogen-bond donors (Lipinski definition) is 2. The molecule has 9 nitrogen and oxygen atoms in total. The van der Waals surface area contributed by atoms with Crippen molar-refractivity contribution < 1.29 is 19.3 Å². The number of rotatable bonds is 7. The van der Waals surface area contributed by atoms with Gasteiger partial charge in [-0.15, -0.1) is 0 Å². The Hall–Kier alpha value is -3.46. The van der Waals surface area contributed by atoms with Gasteiger partial charge in [0.05, 0.1) is 16.8 Å². The van der Waals surface area contributed by atoms with Crippen molar-refractivity contribution in [1.82, 2.24) is 4.90 Å². The van der Waals surface area contributed by atoms with Gasteiger partial charge in [-0.3, -0.25) is 29.4 Å². The number of benzene rings is 2. The zero-order chi connectivity index (χ0) is 24.4. The number of nitro benzene ring substituents is 1. The van der Waals surface area contributed by atoms with Gasteiger partial charge in [-0.2, -0.15) is 0 Å². The van der Waals surface area contributed by atoms with Gasteiger partial charge in [0.15, 0.2) is 0 Å². The first kappa shape index (κ1) is 23.7. The van der Waals surface area contributed by atoms with Crippen LogP contribution in [0.1, 0.15) is 41.6 Å². The van der Waals surface area contributed by atoms with Crippen LogP contribution in [0.25, 0.3) is 0 Å². The molecule has 0 bridgehead atoms. The van der Waals surface area contributed by atoms with Crippen molar-refractivity contribution in [2.45, 2.75) is 32.6 Å². The standard InChI is InChI=1S/C24H25ClN4O5/c1-14-6-8-16(25)13-20(14)27-22(30)15-7-9-19(21(12-15)29(33)34)26-10-11-28-23(31)17-4-2-3-5-18(17)24(28)32/h6-9,12-13,17-18,26H,2-5,10-11H2,1H3,(H,27,30)/t17-,18+. The van der Waals surface area contributed by atoms with Crippen LogP contribution in [0, 0.1) is 28.9 Å². The zero-order valence-corrected chi connectivity index (χ0v) is 19.4. The molecule has 178 valence electrons. The summed E-state index contributed by atoms with van der Waals surface area (Å²) in [6.07, 6.45) is 3.39. The normalized spacial score (nSPS) is 19.6. The Morgan fingerprint density at radius 2 is 1.76 bits per heavy atom. The zero-order valence-electron chi connectivity index (χ0n) is 18.7. The minimum atomic E-state index is -0.579. The van der Waals surface area contributed by atoms with Crippen LogP contribution in [0.4, 0.5) is 17.1 Å². The maximum Gasteiger partial charge on any atom is 0.293 e. The summed E-state index contributed by atoms with van der Waals surface area (Å²) in [5.74, 6) is -1.24. The highest BCUT2D eigenvalue weighted by atomic mass is 35.5. The molecular formula is C24H25ClN4O5. The third-order valence-corrected chi connectivity index (χ3v) is 6.72. The van der Waals surface area contributed by atoms with E-state index in [-0.39, 0.29) is 53.7 Å². The van der Waals surface area contributed by atoms with Gasteiger partial charge in [0, 0.05) is 35.4 Å². The molecule has 2 N–H and O–H groups in total. The number of nitro groups is 1. The molecule has 2 atom stereocenters. The van der Waals surface area contributed by atoms with Crippen molar-refractivity contribution in [3.63, 3.8) is 0 Å². The number of imide groups is 1. The predicted octanol–water partition coefficient (Wildman–Crippen LogP) is 4.40. The van der Waals surface area contributed by atoms with E-state index in [0.29, 0.717) is 10.7 Å². The van der Waals surface area contributed by atoms with Crippen molar-refractivity contribution in [3.05, 3.63) is 62.7 Å². The summed E-state index contributed by atoms with van der Waals surface area (Å²) in [6, 6.07) is 9.19. The average molecular weight is 485 g/mol. The van der Waals surface area contributed by atoms with Crippen molar-refractivity contribution in [3.8, 4) is 0 Å². The van der Waals surface area contributed by atoms with E-state index in [1.54, 1.807) is 18.2 Å². The Bertz CT molecular complexity index is 1140. The highest BCUT2D eigenvalue weighted by Gasteiger charge is 2.47. The van der Waals surface area contributed by atoms with E-state index in [9.17, 15) is 24.5 Å². The van der Waals surface area contributed by atoms with Crippen molar-refractivity contribution in [1.29, 1.82) is 0 Å². The molecule has 0 unspecified atom stereocenters. The van der Waals surface area contributed by atoms with Gasteiger partial charge in [-0.25, -0.2) is 0 Å². The van der Waals surface area contributed by atoms with Crippen LogP contribution < -0.4 is 10.6 Å². The molecule has 3 amide bonds. The van der Waals surface area contributed by atoms with Crippen LogP contribution in [0.3, 0.4) is 0 Å². The lowest BCUT2D eigenvalue weighted by atomic mass is 9.81.